The minimum atomic E-state index is -0.912. The Bertz CT molecular complexity index is 519. The summed E-state index contributed by atoms with van der Waals surface area (Å²) in [6, 6.07) is -0.912. The summed E-state index contributed by atoms with van der Waals surface area (Å²) in [6.45, 7) is 11.6. The van der Waals surface area contributed by atoms with Gasteiger partial charge in [-0.3, -0.25) is 14.4 Å². The molecule has 0 radical (unpaired) electrons. The van der Waals surface area contributed by atoms with Gasteiger partial charge in [-0.2, -0.15) is 0 Å². The van der Waals surface area contributed by atoms with E-state index < -0.39 is 23.5 Å². The molecule has 0 aliphatic rings. The van der Waals surface area contributed by atoms with Crippen molar-refractivity contribution >= 4 is 17.7 Å². The van der Waals surface area contributed by atoms with E-state index in [0.717, 1.165) is 0 Å². The summed E-state index contributed by atoms with van der Waals surface area (Å²) in [7, 11) is 2.94. The van der Waals surface area contributed by atoms with Gasteiger partial charge < -0.3 is 25.0 Å². The molecule has 0 rings (SSSR count). The Balaban J connectivity index is 5.13. The third kappa shape index (κ3) is 7.53. The second-order valence-electron chi connectivity index (χ2n) is 6.70. The number of hydrogen-bond donors (Lipinski definition) is 1. The van der Waals surface area contributed by atoms with Gasteiger partial charge in [0, 0.05) is 33.5 Å². The van der Waals surface area contributed by atoms with Gasteiger partial charge in [-0.25, -0.2) is 0 Å². The minimum Gasteiger partial charge on any atom is -0.368 e. The Kier molecular flexibility index (Phi) is 10.1. The van der Waals surface area contributed by atoms with Crippen LogP contribution in [0.15, 0.2) is 12.3 Å². The van der Waals surface area contributed by atoms with Crippen molar-refractivity contribution in [3.8, 4) is 0 Å². The summed E-state index contributed by atoms with van der Waals surface area (Å²) >= 11 is 0. The largest absolute Gasteiger partial charge is 0.368 e. The minimum absolute atomic E-state index is 0.00904. The number of carbonyl (C=O) groups excluding carboxylic acids is 3. The summed E-state index contributed by atoms with van der Waals surface area (Å²) in [5.74, 6) is -1.42. The smallest absolute Gasteiger partial charge is 0.270 e. The van der Waals surface area contributed by atoms with Crippen LogP contribution in [0.1, 0.15) is 47.0 Å². The van der Waals surface area contributed by atoms with Gasteiger partial charge in [-0.15, -0.1) is 0 Å². The molecule has 0 bridgehead atoms. The average molecular weight is 371 g/mol. The molecule has 0 fully saturated rings. The molecular weight excluding hydrogens is 338 g/mol. The number of likely N-dealkylation sites (N-methyl/N-ethyl adjacent to an activating group) is 2. The predicted octanol–water partition coefficient (Wildman–Crippen LogP) is 1.25. The molecule has 0 saturated carbocycles. The fourth-order valence-corrected chi connectivity index (χ4v) is 2.26. The summed E-state index contributed by atoms with van der Waals surface area (Å²) < 4.78 is 10.8. The average Bonchev–Trinajstić information content (AvgIpc) is 2.57. The summed E-state index contributed by atoms with van der Waals surface area (Å²) in [4.78, 5) is 38.9. The van der Waals surface area contributed by atoms with E-state index in [1.54, 1.807) is 13.8 Å². The van der Waals surface area contributed by atoms with E-state index in [0.29, 0.717) is 19.4 Å². The van der Waals surface area contributed by atoms with Crippen LogP contribution in [0.3, 0.4) is 0 Å². The van der Waals surface area contributed by atoms with Crippen molar-refractivity contribution in [1.82, 2.24) is 9.80 Å². The van der Waals surface area contributed by atoms with Crippen molar-refractivity contribution in [2.24, 2.45) is 5.73 Å². The van der Waals surface area contributed by atoms with Crippen LogP contribution in [0, 0.1) is 0 Å². The molecule has 0 saturated heterocycles. The third-order valence-corrected chi connectivity index (χ3v) is 4.03. The SMILES string of the molecule is C=C(C(=O)N(C)[C@@H](CC(C)(C)OCOCC)C(N)=O)N(C)C(=O)CCC. The normalized spacial score (nSPS) is 12.4. The van der Waals surface area contributed by atoms with E-state index in [4.69, 9.17) is 15.2 Å². The van der Waals surface area contributed by atoms with Gasteiger partial charge in [0.1, 0.15) is 18.5 Å². The second kappa shape index (κ2) is 10.9. The maximum atomic E-state index is 12.6. The molecule has 150 valence electrons. The van der Waals surface area contributed by atoms with Crippen LogP contribution in [0.2, 0.25) is 0 Å². The number of rotatable bonds is 12. The van der Waals surface area contributed by atoms with Crippen molar-refractivity contribution in [3.05, 3.63) is 12.3 Å². The van der Waals surface area contributed by atoms with Crippen LogP contribution in [0.4, 0.5) is 0 Å². The lowest BCUT2D eigenvalue weighted by atomic mass is 9.97. The molecule has 2 N–H and O–H groups in total. The quantitative estimate of drug-likeness (QED) is 0.316. The highest BCUT2D eigenvalue weighted by atomic mass is 16.7. The molecule has 0 aromatic carbocycles. The van der Waals surface area contributed by atoms with E-state index in [1.165, 1.54) is 23.9 Å². The van der Waals surface area contributed by atoms with Gasteiger partial charge in [0.15, 0.2) is 0 Å². The van der Waals surface area contributed by atoms with Gasteiger partial charge in [-0.1, -0.05) is 13.5 Å². The first kappa shape index (κ1) is 24.1. The summed E-state index contributed by atoms with van der Waals surface area (Å²) in [6.07, 6.45) is 1.15. The van der Waals surface area contributed by atoms with Crippen molar-refractivity contribution < 1.29 is 23.9 Å². The number of primary amides is 1. The first-order valence-electron chi connectivity index (χ1n) is 8.72. The standard InChI is InChI=1S/C18H33N3O5/c1-8-10-15(22)20(6)13(3)17(24)21(7)14(16(19)23)11-18(4,5)26-12-25-9-2/h14H,3,8-12H2,1-2,4-7H3,(H2,19,23)/t14-/m0/s1. The van der Waals surface area contributed by atoms with E-state index in [-0.39, 0.29) is 24.8 Å². The van der Waals surface area contributed by atoms with E-state index in [9.17, 15) is 14.4 Å². The topological polar surface area (TPSA) is 102 Å². The molecule has 0 aliphatic carbocycles. The Morgan fingerprint density at radius 1 is 1.19 bits per heavy atom. The monoisotopic (exact) mass is 371 g/mol. The molecular formula is C18H33N3O5. The summed E-state index contributed by atoms with van der Waals surface area (Å²) in [5.41, 5.74) is 4.74. The maximum Gasteiger partial charge on any atom is 0.270 e. The molecule has 0 unspecified atom stereocenters. The number of hydrogen-bond acceptors (Lipinski definition) is 5. The Morgan fingerprint density at radius 2 is 1.77 bits per heavy atom. The number of carbonyl (C=O) groups is 3. The zero-order valence-corrected chi connectivity index (χ0v) is 16.8. The molecule has 3 amide bonds. The molecule has 0 heterocycles. The second-order valence-corrected chi connectivity index (χ2v) is 6.70. The third-order valence-electron chi connectivity index (χ3n) is 4.03. The highest BCUT2D eigenvalue weighted by Gasteiger charge is 2.34. The van der Waals surface area contributed by atoms with Crippen molar-refractivity contribution in [3.63, 3.8) is 0 Å². The van der Waals surface area contributed by atoms with E-state index >= 15 is 0 Å². The van der Waals surface area contributed by atoms with Gasteiger partial charge in [0.25, 0.3) is 5.91 Å². The van der Waals surface area contributed by atoms with Crippen LogP contribution < -0.4 is 5.73 Å². The molecule has 0 aromatic heterocycles. The van der Waals surface area contributed by atoms with Crippen molar-refractivity contribution in [1.29, 1.82) is 0 Å². The number of nitrogens with two attached hydrogens (primary N) is 1. The predicted molar refractivity (Wildman–Crippen MR) is 98.8 cm³/mol. The number of amides is 3. The van der Waals surface area contributed by atoms with Crippen LogP contribution in [-0.4, -0.2) is 66.7 Å². The zero-order chi connectivity index (χ0) is 20.5. The molecule has 8 nitrogen and oxygen atoms in total. The van der Waals surface area contributed by atoms with E-state index in [1.807, 2.05) is 13.8 Å². The van der Waals surface area contributed by atoms with Crippen molar-refractivity contribution in [2.45, 2.75) is 58.6 Å². The van der Waals surface area contributed by atoms with E-state index in [2.05, 4.69) is 6.58 Å². The summed E-state index contributed by atoms with van der Waals surface area (Å²) in [5, 5.41) is 0. The zero-order valence-electron chi connectivity index (χ0n) is 16.8. The van der Waals surface area contributed by atoms with Crippen LogP contribution in [0.25, 0.3) is 0 Å². The first-order chi connectivity index (χ1) is 12.0. The van der Waals surface area contributed by atoms with Gasteiger partial charge in [-0.05, 0) is 27.2 Å². The fourth-order valence-electron chi connectivity index (χ4n) is 2.26. The molecule has 1 atom stereocenters. The van der Waals surface area contributed by atoms with Crippen LogP contribution in [-0.2, 0) is 23.9 Å². The number of ether oxygens (including phenoxy) is 2. The van der Waals surface area contributed by atoms with Gasteiger partial charge in [0.05, 0.1) is 5.60 Å². The lowest BCUT2D eigenvalue weighted by Gasteiger charge is -2.34. The van der Waals surface area contributed by atoms with Gasteiger partial charge >= 0.3 is 0 Å². The Morgan fingerprint density at radius 3 is 2.23 bits per heavy atom. The highest BCUT2D eigenvalue weighted by Crippen LogP contribution is 2.21. The molecule has 0 spiro atoms. The first-order valence-corrected chi connectivity index (χ1v) is 8.72. The van der Waals surface area contributed by atoms with Crippen LogP contribution >= 0.6 is 0 Å². The number of nitrogens with zero attached hydrogens (tertiary/aromatic N) is 2. The van der Waals surface area contributed by atoms with Crippen LogP contribution in [0.5, 0.6) is 0 Å². The Labute approximate surface area is 156 Å². The van der Waals surface area contributed by atoms with Gasteiger partial charge in [0.2, 0.25) is 11.8 Å². The fraction of sp³-hybridized carbons (Fsp3) is 0.722. The lowest BCUT2D eigenvalue weighted by Crippen LogP contribution is -2.51. The molecule has 0 aromatic rings. The lowest BCUT2D eigenvalue weighted by molar-refractivity contribution is -0.149. The molecule has 0 aliphatic heterocycles. The maximum absolute atomic E-state index is 12.6. The molecule has 8 heteroatoms. The highest BCUT2D eigenvalue weighted by molar-refractivity contribution is 5.98. The molecule has 26 heavy (non-hydrogen) atoms. The Hall–Kier alpha value is -1.93. The van der Waals surface area contributed by atoms with Crippen molar-refractivity contribution in [2.75, 3.05) is 27.5 Å².